The minimum atomic E-state index is -4.49. The van der Waals surface area contributed by atoms with E-state index in [0.29, 0.717) is 49.7 Å². The van der Waals surface area contributed by atoms with E-state index in [4.69, 9.17) is 5.14 Å². The van der Waals surface area contributed by atoms with Crippen molar-refractivity contribution in [1.82, 2.24) is 30.0 Å². The first-order chi connectivity index (χ1) is 17.9. The zero-order valence-corrected chi connectivity index (χ0v) is 21.5. The Morgan fingerprint density at radius 2 is 1.68 bits per heavy atom. The molecule has 4 rings (SSSR count). The van der Waals surface area contributed by atoms with Gasteiger partial charge in [-0.1, -0.05) is 18.2 Å². The maximum absolute atomic E-state index is 13.3. The molecule has 38 heavy (non-hydrogen) atoms. The van der Waals surface area contributed by atoms with Gasteiger partial charge in [-0.25, -0.2) is 13.6 Å². The van der Waals surface area contributed by atoms with Crippen molar-refractivity contribution in [3.63, 3.8) is 0 Å². The number of primary sulfonamides is 1. The van der Waals surface area contributed by atoms with Gasteiger partial charge >= 0.3 is 6.18 Å². The number of sulfonamides is 1. The van der Waals surface area contributed by atoms with Gasteiger partial charge in [0.25, 0.3) is 0 Å². The molecule has 1 fully saturated rings. The van der Waals surface area contributed by atoms with Crippen molar-refractivity contribution in [2.75, 3.05) is 26.2 Å². The predicted octanol–water partition coefficient (Wildman–Crippen LogP) is 1.97. The number of carbonyl (C=O) groups excluding carboxylic acids is 1. The molecule has 1 aliphatic heterocycles. The van der Waals surface area contributed by atoms with Crippen molar-refractivity contribution in [2.45, 2.75) is 43.9 Å². The SMILES string of the molecule is Cc1nnn(Cc2cc(C(F)(F)F)ccc2CCC(=O)N2CCN(Cc3ccc(S(N)(=O)=O)cc3)CC2)n1. The van der Waals surface area contributed by atoms with Gasteiger partial charge in [0.05, 0.1) is 17.0 Å². The maximum Gasteiger partial charge on any atom is 0.416 e. The molecule has 3 aromatic rings. The summed E-state index contributed by atoms with van der Waals surface area (Å²) >= 11 is 0. The summed E-state index contributed by atoms with van der Waals surface area (Å²) in [5.41, 5.74) is 1.19. The van der Waals surface area contributed by atoms with Crippen LogP contribution >= 0.6 is 0 Å². The summed E-state index contributed by atoms with van der Waals surface area (Å²) in [6, 6.07) is 9.89. The van der Waals surface area contributed by atoms with E-state index in [9.17, 15) is 26.4 Å². The molecule has 0 unspecified atom stereocenters. The Bertz CT molecular complexity index is 1380. The monoisotopic (exact) mass is 551 g/mol. The smallest absolute Gasteiger partial charge is 0.340 e. The second kappa shape index (κ2) is 11.2. The number of carbonyl (C=O) groups is 1. The third-order valence-electron chi connectivity index (χ3n) is 6.39. The van der Waals surface area contributed by atoms with Gasteiger partial charge in [0, 0.05) is 39.1 Å². The van der Waals surface area contributed by atoms with Gasteiger partial charge < -0.3 is 4.90 Å². The Morgan fingerprint density at radius 3 is 2.26 bits per heavy atom. The minimum Gasteiger partial charge on any atom is -0.340 e. The number of aromatic nitrogens is 4. The first-order valence-corrected chi connectivity index (χ1v) is 13.5. The van der Waals surface area contributed by atoms with Gasteiger partial charge in [0.2, 0.25) is 15.9 Å². The van der Waals surface area contributed by atoms with Crippen LogP contribution in [0, 0.1) is 6.92 Å². The molecule has 0 spiro atoms. The maximum atomic E-state index is 13.3. The lowest BCUT2D eigenvalue weighted by Gasteiger charge is -2.35. The molecular weight excluding hydrogens is 523 g/mol. The van der Waals surface area contributed by atoms with Crippen LogP contribution in [0.3, 0.4) is 0 Å². The Balaban J connectivity index is 1.33. The summed E-state index contributed by atoms with van der Waals surface area (Å²) in [7, 11) is -3.74. The molecule has 0 atom stereocenters. The highest BCUT2D eigenvalue weighted by Gasteiger charge is 2.31. The van der Waals surface area contributed by atoms with E-state index in [1.165, 1.54) is 23.0 Å². The number of piperazine rings is 1. The van der Waals surface area contributed by atoms with Crippen LogP contribution in [0.25, 0.3) is 0 Å². The van der Waals surface area contributed by atoms with Crippen LogP contribution in [0.15, 0.2) is 47.4 Å². The fourth-order valence-electron chi connectivity index (χ4n) is 4.33. The van der Waals surface area contributed by atoms with E-state index >= 15 is 0 Å². The summed E-state index contributed by atoms with van der Waals surface area (Å²) in [6.07, 6.45) is -4.04. The average molecular weight is 552 g/mol. The van der Waals surface area contributed by atoms with Crippen molar-refractivity contribution in [1.29, 1.82) is 0 Å². The Kier molecular flexibility index (Phi) is 8.13. The number of rotatable bonds is 8. The Morgan fingerprint density at radius 1 is 1.00 bits per heavy atom. The molecule has 2 aromatic carbocycles. The van der Waals surface area contributed by atoms with E-state index < -0.39 is 21.8 Å². The summed E-state index contributed by atoms with van der Waals surface area (Å²) in [5, 5.41) is 16.8. The second-order valence-electron chi connectivity index (χ2n) is 9.19. The Hall–Kier alpha value is -3.36. The highest BCUT2D eigenvalue weighted by atomic mass is 32.2. The molecule has 10 nitrogen and oxygen atoms in total. The molecule has 1 saturated heterocycles. The second-order valence-corrected chi connectivity index (χ2v) is 10.8. The number of tetrazole rings is 1. The molecule has 1 aliphatic rings. The minimum absolute atomic E-state index is 0.0190. The largest absolute Gasteiger partial charge is 0.416 e. The number of hydrogen-bond donors (Lipinski definition) is 1. The normalized spacial score (nSPS) is 15.1. The fraction of sp³-hybridized carbons (Fsp3) is 0.417. The number of aryl methyl sites for hydroxylation is 2. The van der Waals surface area contributed by atoms with Gasteiger partial charge in [-0.05, 0) is 59.5 Å². The first kappa shape index (κ1) is 27.7. The molecule has 1 amide bonds. The number of nitrogens with two attached hydrogens (primary N) is 1. The topological polar surface area (TPSA) is 127 Å². The molecular formula is C24H28F3N7O3S. The molecule has 0 saturated carbocycles. The molecule has 14 heteroatoms. The van der Waals surface area contributed by atoms with Crippen molar-refractivity contribution in [2.24, 2.45) is 5.14 Å². The van der Waals surface area contributed by atoms with Crippen molar-refractivity contribution >= 4 is 15.9 Å². The lowest BCUT2D eigenvalue weighted by atomic mass is 9.99. The third-order valence-corrected chi connectivity index (χ3v) is 7.32. The van der Waals surface area contributed by atoms with Crippen LogP contribution in [0.5, 0.6) is 0 Å². The van der Waals surface area contributed by atoms with Gasteiger partial charge in [0.15, 0.2) is 5.82 Å². The van der Waals surface area contributed by atoms with Crippen LogP contribution in [-0.4, -0.2) is 70.5 Å². The Labute approximate surface area is 218 Å². The van der Waals surface area contributed by atoms with Crippen LogP contribution in [-0.2, 0) is 40.5 Å². The highest BCUT2D eigenvalue weighted by molar-refractivity contribution is 7.89. The zero-order chi connectivity index (χ0) is 27.5. The molecule has 2 N–H and O–H groups in total. The summed E-state index contributed by atoms with van der Waals surface area (Å²) in [5.74, 6) is 0.344. The number of benzene rings is 2. The third kappa shape index (κ3) is 7.14. The number of nitrogens with zero attached hydrogens (tertiary/aromatic N) is 6. The molecule has 0 bridgehead atoms. The van der Waals surface area contributed by atoms with Crippen LogP contribution < -0.4 is 5.14 Å². The summed E-state index contributed by atoms with van der Waals surface area (Å²) in [6.45, 7) is 4.60. The van der Waals surface area contributed by atoms with Crippen molar-refractivity contribution in [3.05, 3.63) is 70.5 Å². The lowest BCUT2D eigenvalue weighted by molar-refractivity contribution is -0.137. The molecule has 0 radical (unpaired) electrons. The van der Waals surface area contributed by atoms with Crippen LogP contribution in [0.2, 0.25) is 0 Å². The van der Waals surface area contributed by atoms with Gasteiger partial charge in [0.1, 0.15) is 0 Å². The standard InChI is InChI=1S/C24H28F3N7O3S/c1-17-29-31-34(30-17)16-20-14-21(24(25,26)27)6-4-19(20)5-9-23(35)33-12-10-32(11-13-33)15-18-2-7-22(8-3-18)38(28,36)37/h2-4,6-8,14H,5,9-13,15-16H2,1H3,(H2,28,36,37). The predicted molar refractivity (Wildman–Crippen MR) is 131 cm³/mol. The average Bonchev–Trinajstić information content (AvgIpc) is 3.27. The van der Waals surface area contributed by atoms with E-state index in [0.717, 1.165) is 17.7 Å². The van der Waals surface area contributed by atoms with E-state index in [-0.39, 0.29) is 30.2 Å². The molecule has 0 aliphatic carbocycles. The number of halogens is 3. The van der Waals surface area contributed by atoms with Gasteiger partial charge in [-0.2, -0.15) is 18.0 Å². The molecule has 1 aromatic heterocycles. The van der Waals surface area contributed by atoms with Gasteiger partial charge in [-0.3, -0.25) is 9.69 Å². The van der Waals surface area contributed by atoms with Crippen molar-refractivity contribution in [3.8, 4) is 0 Å². The molecule has 2 heterocycles. The van der Waals surface area contributed by atoms with E-state index in [1.807, 2.05) is 0 Å². The van der Waals surface area contributed by atoms with Crippen molar-refractivity contribution < 1.29 is 26.4 Å². The zero-order valence-electron chi connectivity index (χ0n) is 20.7. The fourth-order valence-corrected chi connectivity index (χ4v) is 4.85. The van der Waals surface area contributed by atoms with Crippen LogP contribution in [0.1, 0.15) is 34.5 Å². The lowest BCUT2D eigenvalue weighted by Crippen LogP contribution is -2.48. The number of amides is 1. The molecule has 204 valence electrons. The van der Waals surface area contributed by atoms with Gasteiger partial charge in [-0.15, -0.1) is 10.2 Å². The summed E-state index contributed by atoms with van der Waals surface area (Å²) < 4.78 is 62.7. The number of hydrogen-bond acceptors (Lipinski definition) is 7. The quantitative estimate of drug-likeness (QED) is 0.454. The highest BCUT2D eigenvalue weighted by Crippen LogP contribution is 2.31. The summed E-state index contributed by atoms with van der Waals surface area (Å²) in [4.78, 5) is 18.1. The van der Waals surface area contributed by atoms with E-state index in [2.05, 4.69) is 20.3 Å². The van der Waals surface area contributed by atoms with Crippen LogP contribution in [0.4, 0.5) is 13.2 Å². The van der Waals surface area contributed by atoms with E-state index in [1.54, 1.807) is 24.0 Å². The number of alkyl halides is 3. The first-order valence-electron chi connectivity index (χ1n) is 11.9.